The van der Waals surface area contributed by atoms with Gasteiger partial charge < -0.3 is 4.42 Å². The van der Waals surface area contributed by atoms with Crippen molar-refractivity contribution in [1.82, 2.24) is 20.2 Å². The van der Waals surface area contributed by atoms with Crippen molar-refractivity contribution in [2.45, 2.75) is 17.2 Å². The largest absolute Gasteiger partial charge is 0.416 e. The van der Waals surface area contributed by atoms with Crippen LogP contribution < -0.4 is 0 Å². The van der Waals surface area contributed by atoms with E-state index < -0.39 is 0 Å². The third-order valence-corrected chi connectivity index (χ3v) is 2.26. The van der Waals surface area contributed by atoms with Gasteiger partial charge in [0.2, 0.25) is 11.2 Å². The van der Waals surface area contributed by atoms with Crippen molar-refractivity contribution in [3.8, 4) is 0 Å². The lowest BCUT2D eigenvalue weighted by atomic mass is 10.7. The van der Waals surface area contributed by atoms with E-state index in [0.717, 1.165) is 0 Å². The monoisotopic (exact) mass is 228 g/mol. The maximum absolute atomic E-state index is 5.61. The molecule has 0 aliphatic carbocycles. The SMILES string of the molecule is Cc1nnc(Sc2ccnc(Cl)n2)o1. The van der Waals surface area contributed by atoms with Crippen LogP contribution in [0.25, 0.3) is 0 Å². The van der Waals surface area contributed by atoms with Gasteiger partial charge in [-0.05, 0) is 29.4 Å². The van der Waals surface area contributed by atoms with Gasteiger partial charge in [-0.1, -0.05) is 0 Å². The lowest BCUT2D eigenvalue weighted by Crippen LogP contribution is -1.83. The number of aryl methyl sites for hydroxylation is 1. The molecular weight excluding hydrogens is 224 g/mol. The minimum Gasteiger partial charge on any atom is -0.416 e. The molecular formula is C7H5ClN4OS. The van der Waals surface area contributed by atoms with Gasteiger partial charge in [0.15, 0.2) is 0 Å². The number of aromatic nitrogens is 4. The standard InChI is InChI=1S/C7H5ClN4OS/c1-4-11-12-7(13-4)14-5-2-3-9-6(8)10-5/h2-3H,1H3. The van der Waals surface area contributed by atoms with E-state index in [1.165, 1.54) is 11.8 Å². The van der Waals surface area contributed by atoms with Crippen molar-refractivity contribution in [3.63, 3.8) is 0 Å². The Labute approximate surface area is 88.9 Å². The molecule has 0 unspecified atom stereocenters. The van der Waals surface area contributed by atoms with E-state index in [0.29, 0.717) is 16.1 Å². The molecule has 72 valence electrons. The van der Waals surface area contributed by atoms with E-state index in [4.69, 9.17) is 16.0 Å². The van der Waals surface area contributed by atoms with E-state index >= 15 is 0 Å². The van der Waals surface area contributed by atoms with Gasteiger partial charge in [-0.25, -0.2) is 9.97 Å². The van der Waals surface area contributed by atoms with E-state index in [1.54, 1.807) is 19.2 Å². The molecule has 0 aliphatic heterocycles. The van der Waals surface area contributed by atoms with Crippen molar-refractivity contribution < 1.29 is 4.42 Å². The molecule has 14 heavy (non-hydrogen) atoms. The van der Waals surface area contributed by atoms with Crippen molar-refractivity contribution >= 4 is 23.4 Å². The molecule has 0 spiro atoms. The Balaban J connectivity index is 2.18. The van der Waals surface area contributed by atoms with Crippen LogP contribution in [-0.2, 0) is 0 Å². The normalized spacial score (nSPS) is 10.4. The van der Waals surface area contributed by atoms with Gasteiger partial charge in [0, 0.05) is 13.1 Å². The van der Waals surface area contributed by atoms with Crippen LogP contribution in [0.4, 0.5) is 0 Å². The van der Waals surface area contributed by atoms with Crippen LogP contribution in [0.3, 0.4) is 0 Å². The highest BCUT2D eigenvalue weighted by atomic mass is 35.5. The molecule has 5 nitrogen and oxygen atoms in total. The molecule has 0 fully saturated rings. The highest BCUT2D eigenvalue weighted by molar-refractivity contribution is 7.99. The lowest BCUT2D eigenvalue weighted by Gasteiger charge is -1.94. The average Bonchev–Trinajstić information content (AvgIpc) is 2.51. The zero-order valence-corrected chi connectivity index (χ0v) is 8.71. The first-order chi connectivity index (χ1) is 6.74. The molecule has 0 saturated carbocycles. The van der Waals surface area contributed by atoms with Crippen molar-refractivity contribution in [1.29, 1.82) is 0 Å². The molecule has 2 heterocycles. The zero-order valence-electron chi connectivity index (χ0n) is 7.14. The fourth-order valence-corrected chi connectivity index (χ4v) is 1.67. The smallest absolute Gasteiger partial charge is 0.282 e. The molecule has 7 heteroatoms. The van der Waals surface area contributed by atoms with Crippen molar-refractivity contribution in [2.24, 2.45) is 0 Å². The first-order valence-electron chi connectivity index (χ1n) is 3.70. The average molecular weight is 229 g/mol. The second-order valence-electron chi connectivity index (χ2n) is 2.35. The minimum atomic E-state index is 0.200. The second-order valence-corrected chi connectivity index (χ2v) is 3.66. The number of rotatable bonds is 2. The van der Waals surface area contributed by atoms with Crippen LogP contribution in [0.15, 0.2) is 26.9 Å². The predicted molar refractivity (Wildman–Crippen MR) is 50.2 cm³/mol. The molecule has 0 atom stereocenters. The molecule has 0 amide bonds. The summed E-state index contributed by atoms with van der Waals surface area (Å²) in [6, 6.07) is 1.72. The lowest BCUT2D eigenvalue weighted by molar-refractivity contribution is 0.429. The maximum Gasteiger partial charge on any atom is 0.282 e. The number of nitrogens with zero attached hydrogens (tertiary/aromatic N) is 4. The highest BCUT2D eigenvalue weighted by Crippen LogP contribution is 2.24. The Morgan fingerprint density at radius 2 is 2.29 bits per heavy atom. The van der Waals surface area contributed by atoms with Gasteiger partial charge in [-0.2, -0.15) is 0 Å². The van der Waals surface area contributed by atoms with E-state index in [9.17, 15) is 0 Å². The first-order valence-corrected chi connectivity index (χ1v) is 4.90. The van der Waals surface area contributed by atoms with Gasteiger partial charge in [-0.3, -0.25) is 0 Å². The van der Waals surface area contributed by atoms with E-state index in [2.05, 4.69) is 20.2 Å². The summed E-state index contributed by atoms with van der Waals surface area (Å²) < 4.78 is 5.16. The van der Waals surface area contributed by atoms with E-state index in [-0.39, 0.29) is 5.28 Å². The summed E-state index contributed by atoms with van der Waals surface area (Å²) >= 11 is 6.86. The molecule has 0 N–H and O–H groups in total. The summed E-state index contributed by atoms with van der Waals surface area (Å²) in [5.74, 6) is 0.521. The number of hydrogen-bond acceptors (Lipinski definition) is 6. The van der Waals surface area contributed by atoms with Gasteiger partial charge in [-0.15, -0.1) is 10.2 Å². The first kappa shape index (κ1) is 9.42. The Morgan fingerprint density at radius 3 is 2.93 bits per heavy atom. The number of hydrogen-bond donors (Lipinski definition) is 0. The Bertz CT molecular complexity index is 447. The molecule has 0 aliphatic rings. The van der Waals surface area contributed by atoms with Crippen LogP contribution in [0.5, 0.6) is 0 Å². The summed E-state index contributed by atoms with van der Waals surface area (Å²) in [5.41, 5.74) is 0. The Kier molecular flexibility index (Phi) is 2.64. The number of halogens is 1. The predicted octanol–water partition coefficient (Wildman–Crippen LogP) is 1.97. The van der Waals surface area contributed by atoms with Crippen LogP contribution in [0.1, 0.15) is 5.89 Å². The fraction of sp³-hybridized carbons (Fsp3) is 0.143. The Hall–Kier alpha value is -1.14. The molecule has 0 saturated heterocycles. The highest BCUT2D eigenvalue weighted by Gasteiger charge is 2.06. The summed E-state index contributed by atoms with van der Waals surface area (Å²) in [6.45, 7) is 1.73. The maximum atomic E-state index is 5.61. The second kappa shape index (κ2) is 3.93. The summed E-state index contributed by atoms with van der Waals surface area (Å²) in [5, 5.41) is 8.82. The van der Waals surface area contributed by atoms with Gasteiger partial charge in [0.25, 0.3) is 5.22 Å². The van der Waals surface area contributed by atoms with Crippen LogP contribution in [0, 0.1) is 6.92 Å². The van der Waals surface area contributed by atoms with Crippen molar-refractivity contribution in [3.05, 3.63) is 23.4 Å². The molecule has 2 aromatic heterocycles. The fourth-order valence-electron chi connectivity index (χ4n) is 0.786. The zero-order chi connectivity index (χ0) is 9.97. The molecule has 0 aromatic carbocycles. The molecule has 2 aromatic rings. The van der Waals surface area contributed by atoms with Crippen LogP contribution in [0.2, 0.25) is 5.28 Å². The van der Waals surface area contributed by atoms with Gasteiger partial charge in [0.1, 0.15) is 5.03 Å². The summed E-state index contributed by atoms with van der Waals surface area (Å²) in [6.07, 6.45) is 1.57. The topological polar surface area (TPSA) is 64.7 Å². The third kappa shape index (κ3) is 2.21. The van der Waals surface area contributed by atoms with E-state index in [1.807, 2.05) is 0 Å². The quantitative estimate of drug-likeness (QED) is 0.578. The summed E-state index contributed by atoms with van der Waals surface area (Å²) in [4.78, 5) is 7.73. The summed E-state index contributed by atoms with van der Waals surface area (Å²) in [7, 11) is 0. The minimum absolute atomic E-state index is 0.200. The van der Waals surface area contributed by atoms with Crippen LogP contribution >= 0.6 is 23.4 Å². The molecule has 0 bridgehead atoms. The van der Waals surface area contributed by atoms with Crippen LogP contribution in [-0.4, -0.2) is 20.2 Å². The van der Waals surface area contributed by atoms with Crippen molar-refractivity contribution in [2.75, 3.05) is 0 Å². The Morgan fingerprint density at radius 1 is 1.43 bits per heavy atom. The molecule has 0 radical (unpaired) electrons. The molecule has 2 rings (SSSR count). The van der Waals surface area contributed by atoms with Gasteiger partial charge in [0.05, 0.1) is 0 Å². The van der Waals surface area contributed by atoms with Gasteiger partial charge >= 0.3 is 0 Å². The third-order valence-electron chi connectivity index (χ3n) is 1.30.